The monoisotopic (exact) mass is 248 g/mol. The molecule has 2 aliphatic heterocycles. The molecule has 0 amide bonds. The maximum atomic E-state index is 13.1. The normalized spacial score (nSPS) is 31.8. The first kappa shape index (κ1) is 12.1. The standard InChI is InChI=1S/C15H21FN2/c1-18-14-5-6-15(18)9-13(8-14)17-10-11-3-2-4-12(16)7-11/h2-4,7,13-15,17H,5-6,8-10H2,1H3. The molecule has 2 bridgehead atoms. The van der Waals surface area contributed by atoms with Crippen molar-refractivity contribution in [1.29, 1.82) is 0 Å². The molecule has 18 heavy (non-hydrogen) atoms. The molecule has 2 fully saturated rings. The molecule has 2 atom stereocenters. The van der Waals surface area contributed by atoms with Gasteiger partial charge in [-0.1, -0.05) is 12.1 Å². The minimum absolute atomic E-state index is 0.141. The van der Waals surface area contributed by atoms with Crippen LogP contribution in [0, 0.1) is 5.82 Å². The van der Waals surface area contributed by atoms with E-state index in [0.717, 1.165) is 24.2 Å². The maximum absolute atomic E-state index is 13.1. The molecular weight excluding hydrogens is 227 g/mol. The zero-order valence-electron chi connectivity index (χ0n) is 10.9. The smallest absolute Gasteiger partial charge is 0.123 e. The molecule has 0 radical (unpaired) electrons. The van der Waals surface area contributed by atoms with E-state index < -0.39 is 0 Å². The SMILES string of the molecule is CN1C2CCC1CC(NCc1cccc(F)c1)C2. The quantitative estimate of drug-likeness (QED) is 0.884. The summed E-state index contributed by atoms with van der Waals surface area (Å²) in [7, 11) is 2.26. The topological polar surface area (TPSA) is 15.3 Å². The fraction of sp³-hybridized carbons (Fsp3) is 0.600. The lowest BCUT2D eigenvalue weighted by Gasteiger charge is -2.36. The summed E-state index contributed by atoms with van der Waals surface area (Å²) in [5.41, 5.74) is 1.04. The fourth-order valence-electron chi connectivity index (χ4n) is 3.49. The second kappa shape index (κ2) is 4.98. The van der Waals surface area contributed by atoms with Crippen LogP contribution in [0.15, 0.2) is 24.3 Å². The zero-order valence-corrected chi connectivity index (χ0v) is 10.9. The van der Waals surface area contributed by atoms with Crippen LogP contribution < -0.4 is 5.32 Å². The van der Waals surface area contributed by atoms with Gasteiger partial charge in [-0.2, -0.15) is 0 Å². The lowest BCUT2D eigenvalue weighted by molar-refractivity contribution is 0.148. The van der Waals surface area contributed by atoms with Gasteiger partial charge in [0, 0.05) is 24.7 Å². The van der Waals surface area contributed by atoms with Crippen molar-refractivity contribution < 1.29 is 4.39 Å². The molecule has 1 aromatic rings. The number of halogens is 1. The van der Waals surface area contributed by atoms with Crippen LogP contribution in [-0.4, -0.2) is 30.1 Å². The summed E-state index contributed by atoms with van der Waals surface area (Å²) in [4.78, 5) is 2.54. The van der Waals surface area contributed by atoms with Crippen molar-refractivity contribution in [3.8, 4) is 0 Å². The molecular formula is C15H21FN2. The first-order chi connectivity index (χ1) is 8.72. The van der Waals surface area contributed by atoms with Crippen LogP contribution in [0.3, 0.4) is 0 Å². The van der Waals surface area contributed by atoms with Gasteiger partial charge in [-0.05, 0) is 50.4 Å². The second-order valence-corrected chi connectivity index (χ2v) is 5.73. The summed E-state index contributed by atoms with van der Waals surface area (Å²) in [6.07, 6.45) is 5.17. The van der Waals surface area contributed by atoms with Crippen LogP contribution in [0.5, 0.6) is 0 Å². The molecule has 0 aliphatic carbocycles. The van der Waals surface area contributed by atoms with Crippen LogP contribution in [0.4, 0.5) is 4.39 Å². The number of nitrogens with one attached hydrogen (secondary N) is 1. The number of fused-ring (bicyclic) bond motifs is 2. The largest absolute Gasteiger partial charge is 0.310 e. The Kier molecular flexibility index (Phi) is 3.35. The van der Waals surface area contributed by atoms with E-state index in [1.54, 1.807) is 12.1 Å². The van der Waals surface area contributed by atoms with Crippen molar-refractivity contribution in [3.05, 3.63) is 35.6 Å². The molecule has 2 unspecified atom stereocenters. The summed E-state index contributed by atoms with van der Waals surface area (Å²) in [5.74, 6) is -0.141. The Hall–Kier alpha value is -0.930. The van der Waals surface area contributed by atoms with E-state index in [2.05, 4.69) is 17.3 Å². The van der Waals surface area contributed by atoms with E-state index in [9.17, 15) is 4.39 Å². The fourth-order valence-corrected chi connectivity index (χ4v) is 3.49. The molecule has 2 saturated heterocycles. The van der Waals surface area contributed by atoms with E-state index in [-0.39, 0.29) is 5.82 Å². The van der Waals surface area contributed by atoms with E-state index in [4.69, 9.17) is 0 Å². The molecule has 1 aromatic carbocycles. The Balaban J connectivity index is 1.55. The Morgan fingerprint density at radius 2 is 2.00 bits per heavy atom. The van der Waals surface area contributed by atoms with E-state index in [0.29, 0.717) is 6.04 Å². The number of hydrogen-bond acceptors (Lipinski definition) is 2. The summed E-state index contributed by atoms with van der Waals surface area (Å²) in [5, 5.41) is 3.59. The van der Waals surface area contributed by atoms with Crippen molar-refractivity contribution in [2.24, 2.45) is 0 Å². The molecule has 2 heterocycles. The highest BCUT2D eigenvalue weighted by Gasteiger charge is 2.37. The molecule has 0 aromatic heterocycles. The molecule has 2 aliphatic rings. The lowest BCUT2D eigenvalue weighted by atomic mass is 9.98. The third kappa shape index (κ3) is 2.43. The van der Waals surface area contributed by atoms with Gasteiger partial charge in [0.15, 0.2) is 0 Å². The zero-order chi connectivity index (χ0) is 12.5. The number of benzene rings is 1. The second-order valence-electron chi connectivity index (χ2n) is 5.73. The summed E-state index contributed by atoms with van der Waals surface area (Å²) in [6, 6.07) is 9.00. The van der Waals surface area contributed by atoms with Gasteiger partial charge in [0.05, 0.1) is 0 Å². The van der Waals surface area contributed by atoms with E-state index in [1.165, 1.54) is 31.7 Å². The van der Waals surface area contributed by atoms with Crippen LogP contribution in [0.2, 0.25) is 0 Å². The van der Waals surface area contributed by atoms with Gasteiger partial charge in [0.2, 0.25) is 0 Å². The molecule has 2 nitrogen and oxygen atoms in total. The average Bonchev–Trinajstić information content (AvgIpc) is 2.60. The minimum Gasteiger partial charge on any atom is -0.310 e. The highest BCUT2D eigenvalue weighted by molar-refractivity contribution is 5.16. The van der Waals surface area contributed by atoms with Crippen molar-refractivity contribution >= 4 is 0 Å². The molecule has 3 heteroatoms. The van der Waals surface area contributed by atoms with Crippen LogP contribution in [-0.2, 0) is 6.54 Å². The van der Waals surface area contributed by atoms with E-state index >= 15 is 0 Å². The highest BCUT2D eigenvalue weighted by atomic mass is 19.1. The highest BCUT2D eigenvalue weighted by Crippen LogP contribution is 2.34. The van der Waals surface area contributed by atoms with Gasteiger partial charge in [-0.25, -0.2) is 4.39 Å². The van der Waals surface area contributed by atoms with Gasteiger partial charge in [0.1, 0.15) is 5.82 Å². The van der Waals surface area contributed by atoms with Crippen molar-refractivity contribution in [3.63, 3.8) is 0 Å². The van der Waals surface area contributed by atoms with Crippen LogP contribution >= 0.6 is 0 Å². The number of hydrogen-bond donors (Lipinski definition) is 1. The molecule has 98 valence electrons. The number of piperidine rings is 1. The van der Waals surface area contributed by atoms with Crippen LogP contribution in [0.1, 0.15) is 31.2 Å². The average molecular weight is 248 g/mol. The van der Waals surface area contributed by atoms with Crippen LogP contribution in [0.25, 0.3) is 0 Å². The van der Waals surface area contributed by atoms with E-state index in [1.807, 2.05) is 6.07 Å². The summed E-state index contributed by atoms with van der Waals surface area (Å²) < 4.78 is 13.1. The molecule has 1 N–H and O–H groups in total. The number of nitrogens with zero attached hydrogens (tertiary/aromatic N) is 1. The first-order valence-corrected chi connectivity index (χ1v) is 6.92. The van der Waals surface area contributed by atoms with Gasteiger partial charge in [-0.3, -0.25) is 0 Å². The first-order valence-electron chi connectivity index (χ1n) is 6.92. The van der Waals surface area contributed by atoms with Crippen molar-refractivity contribution in [1.82, 2.24) is 10.2 Å². The van der Waals surface area contributed by atoms with Crippen molar-refractivity contribution in [2.45, 2.75) is 50.4 Å². The number of rotatable bonds is 3. The minimum atomic E-state index is -0.141. The van der Waals surface area contributed by atoms with Crippen molar-refractivity contribution in [2.75, 3.05) is 7.05 Å². The lowest BCUT2D eigenvalue weighted by Crippen LogP contribution is -2.46. The third-order valence-corrected chi connectivity index (χ3v) is 4.58. The molecule has 0 spiro atoms. The maximum Gasteiger partial charge on any atom is 0.123 e. The van der Waals surface area contributed by atoms with Gasteiger partial charge >= 0.3 is 0 Å². The third-order valence-electron chi connectivity index (χ3n) is 4.58. The molecule has 3 rings (SSSR count). The Bertz CT molecular complexity index is 407. The predicted molar refractivity (Wildman–Crippen MR) is 70.8 cm³/mol. The van der Waals surface area contributed by atoms with Gasteiger partial charge in [-0.15, -0.1) is 0 Å². The predicted octanol–water partition coefficient (Wildman–Crippen LogP) is 2.54. The Labute approximate surface area is 108 Å². The summed E-state index contributed by atoms with van der Waals surface area (Å²) >= 11 is 0. The summed E-state index contributed by atoms with van der Waals surface area (Å²) in [6.45, 7) is 0.783. The van der Waals surface area contributed by atoms with Gasteiger partial charge < -0.3 is 10.2 Å². The Morgan fingerprint density at radius 1 is 1.28 bits per heavy atom. The van der Waals surface area contributed by atoms with Gasteiger partial charge in [0.25, 0.3) is 0 Å². The molecule has 0 saturated carbocycles. The Morgan fingerprint density at radius 3 is 2.67 bits per heavy atom.